The van der Waals surface area contributed by atoms with Crippen molar-refractivity contribution >= 4 is 25.7 Å². The van der Waals surface area contributed by atoms with Crippen LogP contribution in [-0.2, 0) is 32.7 Å². The number of aliphatic hydroxyl groups is 1. The van der Waals surface area contributed by atoms with E-state index in [4.69, 9.17) is 13.8 Å². The largest absolute Gasteiger partial charge is 0.480 e. The highest BCUT2D eigenvalue weighted by Gasteiger charge is 2.28. The third-order valence-corrected chi connectivity index (χ3v) is 9.81. The van der Waals surface area contributed by atoms with E-state index in [1.807, 2.05) is 12.2 Å². The van der Waals surface area contributed by atoms with Crippen molar-refractivity contribution in [3.63, 3.8) is 0 Å². The quantitative estimate of drug-likeness (QED) is 0.0201. The summed E-state index contributed by atoms with van der Waals surface area (Å²) < 4.78 is 26.8. The van der Waals surface area contributed by atoms with Crippen molar-refractivity contribution in [3.05, 3.63) is 97.2 Å². The minimum absolute atomic E-state index is 0.0606. The summed E-state index contributed by atoms with van der Waals surface area (Å²) in [5.41, 5.74) is 0. The number of carboxylic acids is 1. The van der Waals surface area contributed by atoms with E-state index in [1.165, 1.54) is 25.7 Å². The fourth-order valence-electron chi connectivity index (χ4n) is 5.41. The molecule has 0 aromatic heterocycles. The highest BCUT2D eigenvalue weighted by molar-refractivity contribution is 7.47. The SMILES string of the molecule is CC/C=C\C/C=C\C/C=C\C/C=C\C/C=C\CCCC(=O)NC(COP(=O)(O)OCC(O)COC(=O)CCCCCCCC/C=C\C/C=C\C/C=C\CCCCC)C(=O)O. The number of hydrogen-bond donors (Lipinski definition) is 4. The van der Waals surface area contributed by atoms with Gasteiger partial charge in [0.25, 0.3) is 0 Å². The van der Waals surface area contributed by atoms with Crippen molar-refractivity contribution in [2.75, 3.05) is 19.8 Å². The van der Waals surface area contributed by atoms with Gasteiger partial charge in [-0.15, -0.1) is 0 Å². The van der Waals surface area contributed by atoms with Gasteiger partial charge >= 0.3 is 19.8 Å². The number of esters is 1. The van der Waals surface area contributed by atoms with Crippen LogP contribution in [0, 0.1) is 0 Å². The van der Waals surface area contributed by atoms with Crippen LogP contribution < -0.4 is 5.32 Å². The van der Waals surface area contributed by atoms with E-state index in [2.05, 4.69) is 104 Å². The van der Waals surface area contributed by atoms with Gasteiger partial charge in [-0.1, -0.05) is 150 Å². The number of rotatable bonds is 40. The highest BCUT2D eigenvalue weighted by atomic mass is 31.2. The van der Waals surface area contributed by atoms with Crippen molar-refractivity contribution in [1.29, 1.82) is 0 Å². The number of ether oxygens (including phenoxy) is 1. The maximum absolute atomic E-state index is 12.3. The third-order valence-electron chi connectivity index (χ3n) is 8.86. The first-order valence-corrected chi connectivity index (χ1v) is 23.8. The van der Waals surface area contributed by atoms with Crippen LogP contribution in [0.4, 0.5) is 0 Å². The number of nitrogens with one attached hydrogen (secondary N) is 1. The molecule has 0 rings (SSSR count). The molecular formula is C48H78NO10P. The van der Waals surface area contributed by atoms with Crippen molar-refractivity contribution in [2.24, 2.45) is 0 Å². The fraction of sp³-hybridized carbons (Fsp3) is 0.604. The first-order valence-electron chi connectivity index (χ1n) is 22.3. The second kappa shape index (κ2) is 42.1. The molecular weight excluding hydrogens is 781 g/mol. The van der Waals surface area contributed by atoms with E-state index < -0.39 is 57.6 Å². The molecule has 0 aromatic carbocycles. The molecule has 0 aliphatic rings. The van der Waals surface area contributed by atoms with Crippen molar-refractivity contribution in [3.8, 4) is 0 Å². The van der Waals surface area contributed by atoms with Gasteiger partial charge in [0, 0.05) is 12.8 Å². The number of amides is 1. The maximum Gasteiger partial charge on any atom is 0.472 e. The lowest BCUT2D eigenvalue weighted by molar-refractivity contribution is -0.147. The Bertz CT molecular complexity index is 1380. The minimum Gasteiger partial charge on any atom is -0.480 e. The lowest BCUT2D eigenvalue weighted by Crippen LogP contribution is -2.43. The monoisotopic (exact) mass is 860 g/mol. The normalized spacial score (nSPS) is 14.6. The summed E-state index contributed by atoms with van der Waals surface area (Å²) in [6.45, 7) is 2.38. The Morgan fingerprint density at radius 3 is 1.48 bits per heavy atom. The number of allylic oxidation sites excluding steroid dienone is 16. The van der Waals surface area contributed by atoms with Crippen LogP contribution in [0.15, 0.2) is 97.2 Å². The standard InChI is InChI=1S/C48H78NO10P/c1-3-5-7-9-11-13-15-17-19-21-22-24-26-28-30-32-34-36-38-40-47(52)57-41-44(50)42-58-60(55,56)59-43-45(48(53)54)49-46(51)39-37-35-33-31-29-27-25-23-20-18-16-14-12-10-8-6-4-2/h6,8,11-14,17-20,22,24-25,27,31,33,44-45,50H,3-5,7,9-10,15-16,21,23,26,28-30,32,34-43H2,1-2H3,(H,49,51)(H,53,54)(H,55,56)/b8-6-,13-11-,14-12-,19-17-,20-18-,24-22-,27-25-,33-31-. The van der Waals surface area contributed by atoms with Crippen molar-refractivity contribution in [1.82, 2.24) is 5.32 Å². The van der Waals surface area contributed by atoms with Gasteiger partial charge in [-0.05, 0) is 89.9 Å². The summed E-state index contributed by atoms with van der Waals surface area (Å²) in [6, 6.07) is -1.58. The number of carbonyl (C=O) groups excluding carboxylic acids is 2. The molecule has 0 aliphatic heterocycles. The Hall–Kier alpha value is -3.60. The Labute approximate surface area is 362 Å². The van der Waals surface area contributed by atoms with Crippen LogP contribution in [0.3, 0.4) is 0 Å². The highest BCUT2D eigenvalue weighted by Crippen LogP contribution is 2.43. The van der Waals surface area contributed by atoms with Crippen LogP contribution in [-0.4, -0.2) is 64.9 Å². The number of hydrogen-bond acceptors (Lipinski definition) is 8. The summed E-state index contributed by atoms with van der Waals surface area (Å²) in [6.07, 6.45) is 52.9. The van der Waals surface area contributed by atoms with Gasteiger partial charge in [-0.25, -0.2) is 9.36 Å². The van der Waals surface area contributed by atoms with Crippen LogP contribution in [0.1, 0.15) is 155 Å². The van der Waals surface area contributed by atoms with E-state index in [1.54, 1.807) is 0 Å². The number of carboxylic acid groups (broad SMARTS) is 1. The van der Waals surface area contributed by atoms with Gasteiger partial charge in [0.15, 0.2) is 6.04 Å². The molecule has 0 saturated carbocycles. The summed E-state index contributed by atoms with van der Waals surface area (Å²) in [4.78, 5) is 45.9. The molecule has 3 atom stereocenters. The Kier molecular flexibility index (Phi) is 39.6. The maximum atomic E-state index is 12.3. The molecule has 0 aliphatic carbocycles. The molecule has 0 aromatic rings. The lowest BCUT2D eigenvalue weighted by Gasteiger charge is -2.18. The van der Waals surface area contributed by atoms with E-state index in [0.717, 1.165) is 83.5 Å². The summed E-state index contributed by atoms with van der Waals surface area (Å²) in [5.74, 6) is -2.48. The Morgan fingerprint density at radius 2 is 0.983 bits per heavy atom. The summed E-state index contributed by atoms with van der Waals surface area (Å²) >= 11 is 0. The van der Waals surface area contributed by atoms with Gasteiger partial charge in [0.2, 0.25) is 5.91 Å². The van der Waals surface area contributed by atoms with Crippen LogP contribution in [0.2, 0.25) is 0 Å². The zero-order valence-corrected chi connectivity index (χ0v) is 37.6. The number of phosphoric acid groups is 1. The van der Waals surface area contributed by atoms with Gasteiger partial charge in [-0.2, -0.15) is 0 Å². The van der Waals surface area contributed by atoms with Gasteiger partial charge in [-0.3, -0.25) is 18.6 Å². The fourth-order valence-corrected chi connectivity index (χ4v) is 6.19. The van der Waals surface area contributed by atoms with E-state index >= 15 is 0 Å². The molecule has 4 N–H and O–H groups in total. The van der Waals surface area contributed by atoms with E-state index in [0.29, 0.717) is 19.3 Å². The molecule has 0 spiro atoms. The van der Waals surface area contributed by atoms with Crippen molar-refractivity contribution in [2.45, 2.75) is 167 Å². The predicted molar refractivity (Wildman–Crippen MR) is 244 cm³/mol. The average Bonchev–Trinajstić information content (AvgIpc) is 3.22. The molecule has 11 nitrogen and oxygen atoms in total. The molecule has 60 heavy (non-hydrogen) atoms. The number of carbonyl (C=O) groups is 3. The van der Waals surface area contributed by atoms with Crippen molar-refractivity contribution < 1.29 is 47.8 Å². The molecule has 12 heteroatoms. The number of phosphoric ester groups is 1. The molecule has 0 saturated heterocycles. The third kappa shape index (κ3) is 41.1. The number of aliphatic carboxylic acids is 1. The summed E-state index contributed by atoms with van der Waals surface area (Å²) in [7, 11) is -4.78. The predicted octanol–water partition coefficient (Wildman–Crippen LogP) is 11.7. The zero-order chi connectivity index (χ0) is 44.2. The van der Waals surface area contributed by atoms with Crippen LogP contribution in [0.5, 0.6) is 0 Å². The van der Waals surface area contributed by atoms with E-state index in [-0.39, 0.29) is 12.8 Å². The first kappa shape index (κ1) is 56.4. The van der Waals surface area contributed by atoms with Crippen LogP contribution >= 0.6 is 7.82 Å². The Morgan fingerprint density at radius 1 is 0.550 bits per heavy atom. The Balaban J connectivity index is 4.01. The van der Waals surface area contributed by atoms with E-state index in [9.17, 15) is 34.1 Å². The number of unbranched alkanes of at least 4 members (excludes halogenated alkanes) is 10. The molecule has 0 bridgehead atoms. The molecule has 0 fully saturated rings. The molecule has 0 radical (unpaired) electrons. The van der Waals surface area contributed by atoms with Gasteiger partial charge in [0.1, 0.15) is 12.7 Å². The average molecular weight is 860 g/mol. The number of aliphatic hydroxyl groups excluding tert-OH is 1. The topological polar surface area (TPSA) is 169 Å². The second-order valence-corrected chi connectivity index (χ2v) is 16.0. The first-order chi connectivity index (χ1) is 29.1. The second-order valence-electron chi connectivity index (χ2n) is 14.5. The van der Waals surface area contributed by atoms with Gasteiger partial charge in [0.05, 0.1) is 13.2 Å². The summed E-state index contributed by atoms with van der Waals surface area (Å²) in [5, 5.41) is 21.8. The molecule has 3 unspecified atom stereocenters. The molecule has 1 amide bonds. The zero-order valence-electron chi connectivity index (χ0n) is 36.7. The van der Waals surface area contributed by atoms with Crippen LogP contribution in [0.25, 0.3) is 0 Å². The minimum atomic E-state index is -4.78. The van der Waals surface area contributed by atoms with Gasteiger partial charge < -0.3 is 25.2 Å². The molecule has 0 heterocycles. The smallest absolute Gasteiger partial charge is 0.472 e. The lowest BCUT2D eigenvalue weighted by atomic mass is 10.1. The molecule has 340 valence electrons.